The summed E-state index contributed by atoms with van der Waals surface area (Å²) in [4.78, 5) is 12.3. The first kappa shape index (κ1) is 17.7. The second-order valence-corrected chi connectivity index (χ2v) is 5.49. The van der Waals surface area contributed by atoms with E-state index in [1.54, 1.807) is 21.3 Å². The van der Waals surface area contributed by atoms with Crippen molar-refractivity contribution >= 4 is 11.6 Å². The number of ether oxygens (including phenoxy) is 3. The molecule has 0 fully saturated rings. The SMILES string of the molecule is COc1ccc(NC(=O)CC(C)c2ccc(OC)cc2OC)cc1. The molecule has 2 rings (SSSR count). The van der Waals surface area contributed by atoms with Gasteiger partial charge in [0.1, 0.15) is 17.2 Å². The van der Waals surface area contributed by atoms with Crippen LogP contribution in [0.15, 0.2) is 42.5 Å². The molecule has 0 saturated carbocycles. The first-order valence-corrected chi connectivity index (χ1v) is 7.73. The number of carbonyl (C=O) groups is 1. The van der Waals surface area contributed by atoms with E-state index in [2.05, 4.69) is 5.32 Å². The normalized spacial score (nSPS) is 11.5. The topological polar surface area (TPSA) is 56.8 Å². The summed E-state index contributed by atoms with van der Waals surface area (Å²) in [5, 5.41) is 2.89. The van der Waals surface area contributed by atoms with E-state index in [1.807, 2.05) is 49.4 Å². The van der Waals surface area contributed by atoms with E-state index < -0.39 is 0 Å². The smallest absolute Gasteiger partial charge is 0.224 e. The van der Waals surface area contributed by atoms with Crippen molar-refractivity contribution in [3.05, 3.63) is 48.0 Å². The Morgan fingerprint density at radius 1 is 0.958 bits per heavy atom. The van der Waals surface area contributed by atoms with Crippen molar-refractivity contribution in [2.75, 3.05) is 26.6 Å². The van der Waals surface area contributed by atoms with Crippen LogP contribution in [-0.2, 0) is 4.79 Å². The van der Waals surface area contributed by atoms with E-state index in [-0.39, 0.29) is 11.8 Å². The molecule has 0 aliphatic carbocycles. The first-order chi connectivity index (χ1) is 11.6. The van der Waals surface area contributed by atoms with Crippen LogP contribution in [0.3, 0.4) is 0 Å². The maximum atomic E-state index is 12.3. The Balaban J connectivity index is 2.02. The van der Waals surface area contributed by atoms with Gasteiger partial charge >= 0.3 is 0 Å². The van der Waals surface area contributed by atoms with Crippen molar-refractivity contribution in [2.24, 2.45) is 0 Å². The van der Waals surface area contributed by atoms with E-state index in [4.69, 9.17) is 14.2 Å². The van der Waals surface area contributed by atoms with Gasteiger partial charge in [0.2, 0.25) is 5.91 Å². The molecule has 5 heteroatoms. The standard InChI is InChI=1S/C19H23NO4/c1-13(17-10-9-16(23-3)12-18(17)24-4)11-19(21)20-14-5-7-15(22-2)8-6-14/h5-10,12-13H,11H2,1-4H3,(H,20,21). The Morgan fingerprint density at radius 2 is 1.58 bits per heavy atom. The summed E-state index contributed by atoms with van der Waals surface area (Å²) in [7, 11) is 4.83. The van der Waals surface area contributed by atoms with Crippen molar-refractivity contribution in [3.63, 3.8) is 0 Å². The van der Waals surface area contributed by atoms with Gasteiger partial charge in [0.15, 0.2) is 0 Å². The number of amides is 1. The van der Waals surface area contributed by atoms with Gasteiger partial charge in [-0.25, -0.2) is 0 Å². The monoisotopic (exact) mass is 329 g/mol. The molecular weight excluding hydrogens is 306 g/mol. The van der Waals surface area contributed by atoms with Crippen molar-refractivity contribution in [2.45, 2.75) is 19.3 Å². The summed E-state index contributed by atoms with van der Waals surface area (Å²) < 4.78 is 15.7. The minimum absolute atomic E-state index is 0.0177. The van der Waals surface area contributed by atoms with Crippen molar-refractivity contribution in [1.29, 1.82) is 0 Å². The molecule has 5 nitrogen and oxygen atoms in total. The van der Waals surface area contributed by atoms with Crippen LogP contribution in [0, 0.1) is 0 Å². The van der Waals surface area contributed by atoms with Gasteiger partial charge in [0, 0.05) is 18.2 Å². The lowest BCUT2D eigenvalue weighted by molar-refractivity contribution is -0.116. The van der Waals surface area contributed by atoms with Crippen LogP contribution in [0.25, 0.3) is 0 Å². The largest absolute Gasteiger partial charge is 0.497 e. The third kappa shape index (κ3) is 4.41. The minimum atomic E-state index is -0.0504. The highest BCUT2D eigenvalue weighted by molar-refractivity contribution is 5.91. The molecule has 1 atom stereocenters. The molecule has 1 unspecified atom stereocenters. The summed E-state index contributed by atoms with van der Waals surface area (Å²) in [5.41, 5.74) is 1.72. The molecule has 0 saturated heterocycles. The second-order valence-electron chi connectivity index (χ2n) is 5.49. The summed E-state index contributed by atoms with van der Waals surface area (Å²) in [6, 6.07) is 12.9. The summed E-state index contributed by atoms with van der Waals surface area (Å²) in [6.45, 7) is 2.00. The number of hydrogen-bond donors (Lipinski definition) is 1. The van der Waals surface area contributed by atoms with Crippen LogP contribution < -0.4 is 19.5 Å². The van der Waals surface area contributed by atoms with Crippen LogP contribution in [-0.4, -0.2) is 27.2 Å². The number of anilines is 1. The molecule has 0 heterocycles. The number of methoxy groups -OCH3 is 3. The zero-order valence-electron chi connectivity index (χ0n) is 14.5. The lowest BCUT2D eigenvalue weighted by Crippen LogP contribution is -2.14. The molecular formula is C19H23NO4. The second kappa shape index (κ2) is 8.24. The highest BCUT2D eigenvalue weighted by Crippen LogP contribution is 2.32. The third-order valence-corrected chi connectivity index (χ3v) is 3.84. The van der Waals surface area contributed by atoms with Crippen molar-refractivity contribution in [1.82, 2.24) is 0 Å². The minimum Gasteiger partial charge on any atom is -0.497 e. The van der Waals surface area contributed by atoms with Crippen LogP contribution in [0.4, 0.5) is 5.69 Å². The van der Waals surface area contributed by atoms with Crippen molar-refractivity contribution in [3.8, 4) is 17.2 Å². The molecule has 0 bridgehead atoms. The predicted molar refractivity (Wildman–Crippen MR) is 94.2 cm³/mol. The van der Waals surface area contributed by atoms with E-state index >= 15 is 0 Å². The van der Waals surface area contributed by atoms with E-state index in [0.717, 1.165) is 28.5 Å². The fourth-order valence-electron chi connectivity index (χ4n) is 2.50. The number of nitrogens with one attached hydrogen (secondary N) is 1. The van der Waals surface area contributed by atoms with Gasteiger partial charge in [-0.05, 0) is 41.8 Å². The highest BCUT2D eigenvalue weighted by Gasteiger charge is 2.16. The lowest BCUT2D eigenvalue weighted by atomic mass is 9.96. The summed E-state index contributed by atoms with van der Waals surface area (Å²) >= 11 is 0. The molecule has 0 aliphatic rings. The van der Waals surface area contributed by atoms with Crippen LogP contribution in [0.5, 0.6) is 17.2 Å². The van der Waals surface area contributed by atoms with E-state index in [0.29, 0.717) is 6.42 Å². The van der Waals surface area contributed by atoms with Crippen LogP contribution in [0.1, 0.15) is 24.8 Å². The van der Waals surface area contributed by atoms with Gasteiger partial charge in [-0.1, -0.05) is 13.0 Å². The summed E-state index contributed by atoms with van der Waals surface area (Å²) in [6.07, 6.45) is 0.356. The summed E-state index contributed by atoms with van der Waals surface area (Å²) in [5.74, 6) is 2.17. The Morgan fingerprint density at radius 3 is 2.17 bits per heavy atom. The molecule has 0 aliphatic heterocycles. The fourth-order valence-corrected chi connectivity index (χ4v) is 2.50. The van der Waals surface area contributed by atoms with Crippen molar-refractivity contribution < 1.29 is 19.0 Å². The Kier molecular flexibility index (Phi) is 6.07. The van der Waals surface area contributed by atoms with Gasteiger partial charge in [-0.15, -0.1) is 0 Å². The van der Waals surface area contributed by atoms with Gasteiger partial charge in [0.05, 0.1) is 21.3 Å². The molecule has 0 aromatic heterocycles. The Labute approximate surface area is 142 Å². The Bertz CT molecular complexity index is 682. The molecule has 24 heavy (non-hydrogen) atoms. The van der Waals surface area contributed by atoms with Gasteiger partial charge in [0.25, 0.3) is 0 Å². The third-order valence-electron chi connectivity index (χ3n) is 3.84. The molecule has 0 spiro atoms. The average Bonchev–Trinajstić information content (AvgIpc) is 2.61. The predicted octanol–water partition coefficient (Wildman–Crippen LogP) is 3.84. The van der Waals surface area contributed by atoms with E-state index in [1.165, 1.54) is 0 Å². The molecule has 128 valence electrons. The van der Waals surface area contributed by atoms with Gasteiger partial charge in [-0.2, -0.15) is 0 Å². The lowest BCUT2D eigenvalue weighted by Gasteiger charge is -2.16. The first-order valence-electron chi connectivity index (χ1n) is 7.73. The molecule has 0 radical (unpaired) electrons. The average molecular weight is 329 g/mol. The molecule has 2 aromatic carbocycles. The van der Waals surface area contributed by atoms with Crippen LogP contribution >= 0.6 is 0 Å². The number of carbonyl (C=O) groups excluding carboxylic acids is 1. The number of rotatable bonds is 7. The number of benzene rings is 2. The van der Waals surface area contributed by atoms with Crippen LogP contribution in [0.2, 0.25) is 0 Å². The quantitative estimate of drug-likeness (QED) is 0.838. The molecule has 1 amide bonds. The van der Waals surface area contributed by atoms with Gasteiger partial charge in [-0.3, -0.25) is 4.79 Å². The Hall–Kier alpha value is -2.69. The maximum Gasteiger partial charge on any atom is 0.224 e. The maximum absolute atomic E-state index is 12.3. The molecule has 2 aromatic rings. The fraction of sp³-hybridized carbons (Fsp3) is 0.316. The van der Waals surface area contributed by atoms with Gasteiger partial charge < -0.3 is 19.5 Å². The molecule has 1 N–H and O–H groups in total. The highest BCUT2D eigenvalue weighted by atomic mass is 16.5. The zero-order valence-corrected chi connectivity index (χ0v) is 14.5. The van der Waals surface area contributed by atoms with E-state index in [9.17, 15) is 4.79 Å². The number of hydrogen-bond acceptors (Lipinski definition) is 4. The zero-order chi connectivity index (χ0) is 17.5.